The van der Waals surface area contributed by atoms with Gasteiger partial charge in [0.1, 0.15) is 0 Å². The molecule has 0 spiro atoms. The van der Waals surface area contributed by atoms with E-state index >= 15 is 0 Å². The summed E-state index contributed by atoms with van der Waals surface area (Å²) >= 11 is 0. The zero-order valence-corrected chi connectivity index (χ0v) is 25.4. The molecule has 0 atom stereocenters. The molecule has 0 fully saturated rings. The molecular weight excluding hydrogens is 488 g/mol. The smallest absolute Gasteiger partial charge is 0.282 e. The van der Waals surface area contributed by atoms with E-state index in [-0.39, 0.29) is 4.90 Å². The number of fused-ring (bicyclic) bond motifs is 1. The Labute approximate surface area is 235 Å². The van der Waals surface area contributed by atoms with Crippen molar-refractivity contribution in [3.8, 4) is 0 Å². The van der Waals surface area contributed by atoms with Crippen LogP contribution in [0.25, 0.3) is 10.8 Å². The second kappa shape index (κ2) is 19.6. The third-order valence-corrected chi connectivity index (χ3v) is 8.92. The Morgan fingerprint density at radius 1 is 0.500 bits per heavy atom. The molecule has 0 heterocycles. The first-order valence-electron chi connectivity index (χ1n) is 16.0. The van der Waals surface area contributed by atoms with Gasteiger partial charge in [-0.3, -0.25) is 4.55 Å². The van der Waals surface area contributed by atoms with E-state index in [1.54, 1.807) is 12.1 Å². The van der Waals surface area contributed by atoms with E-state index in [0.29, 0.717) is 0 Å². The molecule has 0 bridgehead atoms. The van der Waals surface area contributed by atoms with Crippen molar-refractivity contribution in [3.05, 3.63) is 41.5 Å². The summed E-state index contributed by atoms with van der Waals surface area (Å²) < 4.78 is 33.3. The van der Waals surface area contributed by atoms with E-state index in [2.05, 4.69) is 26.0 Å². The number of aryl methyl sites for hydroxylation is 2. The van der Waals surface area contributed by atoms with Gasteiger partial charge >= 0.3 is 0 Å². The molecule has 0 radical (unpaired) electrons. The van der Waals surface area contributed by atoms with Gasteiger partial charge < -0.3 is 0 Å². The van der Waals surface area contributed by atoms with Crippen molar-refractivity contribution < 1.29 is 13.0 Å². The molecule has 38 heavy (non-hydrogen) atoms. The lowest BCUT2D eigenvalue weighted by Gasteiger charge is -2.13. The molecule has 216 valence electrons. The van der Waals surface area contributed by atoms with Crippen molar-refractivity contribution in [1.82, 2.24) is 0 Å². The van der Waals surface area contributed by atoms with Gasteiger partial charge in [0.15, 0.2) is 0 Å². The maximum absolute atomic E-state index is 11.8. The molecule has 2 aromatic carbocycles. The Morgan fingerprint density at radius 2 is 0.868 bits per heavy atom. The average Bonchev–Trinajstić information content (AvgIpc) is 2.90. The van der Waals surface area contributed by atoms with E-state index in [1.165, 1.54) is 133 Å². The normalized spacial score (nSPS) is 12.0. The molecule has 1 N–H and O–H groups in total. The average molecular weight is 545 g/mol. The molecular formula is C34H56O3S. The summed E-state index contributed by atoms with van der Waals surface area (Å²) in [6.07, 6.45) is 28.3. The Morgan fingerprint density at radius 3 is 1.26 bits per heavy atom. The van der Waals surface area contributed by atoms with E-state index < -0.39 is 10.1 Å². The van der Waals surface area contributed by atoms with Gasteiger partial charge in [0, 0.05) is 0 Å². The van der Waals surface area contributed by atoms with Gasteiger partial charge in [-0.15, -0.1) is 0 Å². The quantitative estimate of drug-likeness (QED) is 0.112. The lowest BCUT2D eigenvalue weighted by molar-refractivity contribution is 0.483. The number of hydrogen-bond acceptors (Lipinski definition) is 2. The fourth-order valence-corrected chi connectivity index (χ4v) is 6.16. The van der Waals surface area contributed by atoms with Crippen molar-refractivity contribution in [3.63, 3.8) is 0 Å². The second-order valence-corrected chi connectivity index (χ2v) is 12.9. The summed E-state index contributed by atoms with van der Waals surface area (Å²) in [5.41, 5.74) is 2.50. The molecule has 4 heteroatoms. The van der Waals surface area contributed by atoms with Gasteiger partial charge in [-0.2, -0.15) is 8.42 Å². The van der Waals surface area contributed by atoms with Gasteiger partial charge in [-0.25, -0.2) is 0 Å². The predicted octanol–water partition coefficient (Wildman–Crippen LogP) is 11.0. The number of hydrogen-bond donors (Lipinski definition) is 1. The van der Waals surface area contributed by atoms with Crippen LogP contribution in [0.1, 0.15) is 153 Å². The second-order valence-electron chi connectivity index (χ2n) is 11.4. The van der Waals surface area contributed by atoms with E-state index in [0.717, 1.165) is 30.0 Å². The maximum Gasteiger partial charge on any atom is 0.294 e. The summed E-state index contributed by atoms with van der Waals surface area (Å²) in [6.45, 7) is 4.53. The minimum absolute atomic E-state index is 0.00501. The van der Waals surface area contributed by atoms with Crippen LogP contribution in [0.15, 0.2) is 35.2 Å². The lowest BCUT2D eigenvalue weighted by atomic mass is 9.93. The van der Waals surface area contributed by atoms with Gasteiger partial charge in [0.05, 0.1) is 4.90 Å². The number of rotatable bonds is 23. The van der Waals surface area contributed by atoms with Crippen LogP contribution in [0.2, 0.25) is 0 Å². The first-order valence-corrected chi connectivity index (χ1v) is 17.4. The molecule has 0 unspecified atom stereocenters. The van der Waals surface area contributed by atoms with Crippen LogP contribution < -0.4 is 0 Å². The topological polar surface area (TPSA) is 54.4 Å². The third kappa shape index (κ3) is 13.1. The highest BCUT2D eigenvalue weighted by Crippen LogP contribution is 2.29. The van der Waals surface area contributed by atoms with Gasteiger partial charge in [-0.05, 0) is 59.7 Å². The highest BCUT2D eigenvalue weighted by molar-refractivity contribution is 7.85. The molecule has 2 rings (SSSR count). The van der Waals surface area contributed by atoms with Crippen molar-refractivity contribution in [1.29, 1.82) is 0 Å². The molecule has 0 saturated heterocycles. The van der Waals surface area contributed by atoms with Crippen LogP contribution in [0.3, 0.4) is 0 Å². The first kappa shape index (κ1) is 32.8. The summed E-state index contributed by atoms with van der Waals surface area (Å²) in [6, 6.07) is 9.62. The van der Waals surface area contributed by atoms with Crippen molar-refractivity contribution >= 4 is 20.9 Å². The van der Waals surface area contributed by atoms with E-state index in [4.69, 9.17) is 0 Å². The highest BCUT2D eigenvalue weighted by atomic mass is 32.2. The summed E-state index contributed by atoms with van der Waals surface area (Å²) in [5.74, 6) is 0. The predicted molar refractivity (Wildman–Crippen MR) is 165 cm³/mol. The monoisotopic (exact) mass is 544 g/mol. The first-order chi connectivity index (χ1) is 18.5. The molecule has 2 aromatic rings. The zero-order chi connectivity index (χ0) is 27.5. The van der Waals surface area contributed by atoms with E-state index in [9.17, 15) is 13.0 Å². The molecule has 0 aliphatic rings. The molecule has 0 saturated carbocycles. The Bertz CT molecular complexity index is 996. The number of unbranched alkanes of at least 4 members (excludes halogenated alkanes) is 18. The Balaban J connectivity index is 1.85. The molecule has 3 nitrogen and oxygen atoms in total. The fraction of sp³-hybridized carbons (Fsp3) is 0.706. The van der Waals surface area contributed by atoms with E-state index in [1.807, 2.05) is 6.07 Å². The minimum Gasteiger partial charge on any atom is -0.282 e. The summed E-state index contributed by atoms with van der Waals surface area (Å²) in [7, 11) is -4.21. The van der Waals surface area contributed by atoms with Crippen LogP contribution >= 0.6 is 0 Å². The van der Waals surface area contributed by atoms with Crippen LogP contribution in [0.4, 0.5) is 0 Å². The van der Waals surface area contributed by atoms with Crippen molar-refractivity contribution in [2.75, 3.05) is 0 Å². The van der Waals surface area contributed by atoms with Crippen molar-refractivity contribution in [2.24, 2.45) is 0 Å². The third-order valence-electron chi connectivity index (χ3n) is 8.07. The van der Waals surface area contributed by atoms with Gasteiger partial charge in [0.2, 0.25) is 0 Å². The number of benzene rings is 2. The standard InChI is InChI=1S/C34H56O3S/c1-3-5-7-9-11-13-15-17-19-21-23-30-25-26-31(24-22-20-18-16-14-12-10-8-6-4-2)34-29-32(38(35,36)37)27-28-33(30)34/h25-29H,3-24H2,1-2H3,(H,35,36,37). The lowest BCUT2D eigenvalue weighted by Crippen LogP contribution is -2.00. The Hall–Kier alpha value is -1.39. The fourth-order valence-electron chi connectivity index (χ4n) is 5.65. The van der Waals surface area contributed by atoms with Crippen LogP contribution in [-0.4, -0.2) is 13.0 Å². The molecule has 0 aromatic heterocycles. The minimum atomic E-state index is -4.21. The van der Waals surface area contributed by atoms with Crippen molar-refractivity contribution in [2.45, 2.75) is 160 Å². The summed E-state index contributed by atoms with van der Waals surface area (Å²) in [4.78, 5) is 0.00501. The highest BCUT2D eigenvalue weighted by Gasteiger charge is 2.13. The van der Waals surface area contributed by atoms with Crippen LogP contribution in [0, 0.1) is 0 Å². The largest absolute Gasteiger partial charge is 0.294 e. The maximum atomic E-state index is 11.8. The molecule has 0 amide bonds. The van der Waals surface area contributed by atoms with Gasteiger partial charge in [-0.1, -0.05) is 148 Å². The molecule has 0 aliphatic carbocycles. The summed E-state index contributed by atoms with van der Waals surface area (Å²) in [5, 5.41) is 2.15. The SMILES string of the molecule is CCCCCCCCCCCCc1ccc(CCCCCCCCCCCC)c2cc(S(=O)(=O)O)ccc12. The molecule has 0 aliphatic heterocycles. The van der Waals surface area contributed by atoms with Gasteiger partial charge in [0.25, 0.3) is 10.1 Å². The van der Waals surface area contributed by atoms with Crippen LogP contribution in [0.5, 0.6) is 0 Å². The zero-order valence-electron chi connectivity index (χ0n) is 24.6. The van der Waals surface area contributed by atoms with Crippen LogP contribution in [-0.2, 0) is 23.0 Å². The Kier molecular flexibility index (Phi) is 17.0.